The Labute approximate surface area is 131 Å². The zero-order chi connectivity index (χ0) is 16.3. The number of rotatable bonds is 5. The van der Waals surface area contributed by atoms with Crippen LogP contribution < -0.4 is 9.47 Å². The van der Waals surface area contributed by atoms with Gasteiger partial charge in [0, 0.05) is 37.3 Å². The molecule has 0 aromatic heterocycles. The molecule has 1 fully saturated rings. The first-order chi connectivity index (χ1) is 10.5. The van der Waals surface area contributed by atoms with E-state index in [1.165, 1.54) is 0 Å². The summed E-state index contributed by atoms with van der Waals surface area (Å²) < 4.78 is 10.6. The summed E-state index contributed by atoms with van der Waals surface area (Å²) in [5.41, 5.74) is 0.660. The Bertz CT molecular complexity index is 535. The Balaban J connectivity index is 2.34. The molecule has 2 atom stereocenters. The van der Waals surface area contributed by atoms with Crippen molar-refractivity contribution in [3.8, 4) is 11.5 Å². The van der Waals surface area contributed by atoms with Crippen LogP contribution in [0.5, 0.6) is 11.5 Å². The fraction of sp³-hybridized carbons (Fsp3) is 0.562. The first-order valence-electron chi connectivity index (χ1n) is 7.37. The lowest BCUT2D eigenvalue weighted by Gasteiger charge is -2.40. The molecule has 122 valence electrons. The van der Waals surface area contributed by atoms with E-state index in [0.29, 0.717) is 36.2 Å². The molecule has 6 nitrogen and oxygen atoms in total. The van der Waals surface area contributed by atoms with E-state index in [0.717, 1.165) is 6.54 Å². The van der Waals surface area contributed by atoms with Crippen LogP contribution in [0.2, 0.25) is 0 Å². The van der Waals surface area contributed by atoms with E-state index in [-0.39, 0.29) is 0 Å². The van der Waals surface area contributed by atoms with Gasteiger partial charge in [0.05, 0.1) is 14.2 Å². The van der Waals surface area contributed by atoms with E-state index >= 15 is 0 Å². The van der Waals surface area contributed by atoms with Gasteiger partial charge in [-0.3, -0.25) is 9.69 Å². The third-order valence-electron chi connectivity index (χ3n) is 4.33. The number of carboxylic acid groups (broad SMARTS) is 1. The van der Waals surface area contributed by atoms with E-state index in [1.807, 2.05) is 4.90 Å². The second kappa shape index (κ2) is 6.98. The van der Waals surface area contributed by atoms with Crippen molar-refractivity contribution < 1.29 is 19.4 Å². The molecule has 0 bridgehead atoms. The number of ether oxygens (including phenoxy) is 2. The maximum Gasteiger partial charge on any atom is 0.325 e. The third kappa shape index (κ3) is 3.34. The summed E-state index contributed by atoms with van der Waals surface area (Å²) in [7, 11) is 5.18. The Kier molecular flexibility index (Phi) is 5.26. The largest absolute Gasteiger partial charge is 0.497 e. The molecule has 0 saturated carbocycles. The highest BCUT2D eigenvalue weighted by Gasteiger charge is 2.34. The van der Waals surface area contributed by atoms with E-state index < -0.39 is 12.0 Å². The second-order valence-corrected chi connectivity index (χ2v) is 5.67. The highest BCUT2D eigenvalue weighted by molar-refractivity contribution is 5.77. The van der Waals surface area contributed by atoms with E-state index in [2.05, 4.69) is 18.9 Å². The van der Waals surface area contributed by atoms with Crippen molar-refractivity contribution in [1.82, 2.24) is 9.80 Å². The van der Waals surface area contributed by atoms with Crippen molar-refractivity contribution in [2.75, 3.05) is 40.9 Å². The first-order valence-corrected chi connectivity index (χ1v) is 7.37. The van der Waals surface area contributed by atoms with Crippen LogP contribution in [0.4, 0.5) is 0 Å². The third-order valence-corrected chi connectivity index (χ3v) is 4.33. The van der Waals surface area contributed by atoms with Crippen LogP contribution in [0.3, 0.4) is 0 Å². The maximum absolute atomic E-state index is 11.9. The molecule has 1 heterocycles. The summed E-state index contributed by atoms with van der Waals surface area (Å²) in [5, 5.41) is 9.74. The average Bonchev–Trinajstić information content (AvgIpc) is 2.51. The number of likely N-dealkylation sites (N-methyl/N-ethyl adjacent to an activating group) is 1. The summed E-state index contributed by atoms with van der Waals surface area (Å²) in [6.07, 6.45) is 0. The smallest absolute Gasteiger partial charge is 0.325 e. The number of methoxy groups -OCH3 is 2. The molecule has 1 aromatic rings. The van der Waals surface area contributed by atoms with Gasteiger partial charge in [0.1, 0.15) is 17.5 Å². The molecule has 2 rings (SSSR count). The van der Waals surface area contributed by atoms with Gasteiger partial charge in [-0.2, -0.15) is 0 Å². The molecule has 0 spiro atoms. The van der Waals surface area contributed by atoms with Gasteiger partial charge in [0.15, 0.2) is 0 Å². The zero-order valence-corrected chi connectivity index (χ0v) is 13.6. The van der Waals surface area contributed by atoms with Crippen LogP contribution in [0.25, 0.3) is 0 Å². The van der Waals surface area contributed by atoms with Crippen LogP contribution in [-0.2, 0) is 4.79 Å². The average molecular weight is 308 g/mol. The minimum absolute atomic E-state index is 0.319. The zero-order valence-electron chi connectivity index (χ0n) is 13.6. The van der Waals surface area contributed by atoms with Gasteiger partial charge in [-0.25, -0.2) is 0 Å². The topological polar surface area (TPSA) is 62.2 Å². The van der Waals surface area contributed by atoms with E-state index in [9.17, 15) is 9.90 Å². The van der Waals surface area contributed by atoms with Crippen molar-refractivity contribution >= 4 is 5.97 Å². The van der Waals surface area contributed by atoms with Crippen LogP contribution in [-0.4, -0.2) is 67.8 Å². The number of piperazine rings is 1. The molecule has 0 radical (unpaired) electrons. The number of nitrogens with zero attached hydrogens (tertiary/aromatic N) is 2. The molecule has 1 aromatic carbocycles. The van der Waals surface area contributed by atoms with Crippen LogP contribution in [0, 0.1) is 0 Å². The number of aliphatic carboxylic acids is 1. The number of benzene rings is 1. The summed E-state index contributed by atoms with van der Waals surface area (Å²) in [6.45, 7) is 4.38. The van der Waals surface area contributed by atoms with Crippen molar-refractivity contribution in [3.63, 3.8) is 0 Å². The van der Waals surface area contributed by atoms with Gasteiger partial charge in [0.25, 0.3) is 0 Å². The first kappa shape index (κ1) is 16.6. The fourth-order valence-electron chi connectivity index (χ4n) is 2.84. The summed E-state index contributed by atoms with van der Waals surface area (Å²) in [4.78, 5) is 16.1. The highest BCUT2D eigenvalue weighted by Crippen LogP contribution is 2.33. The van der Waals surface area contributed by atoms with Gasteiger partial charge in [0.2, 0.25) is 0 Å². The Morgan fingerprint density at radius 3 is 2.59 bits per heavy atom. The minimum atomic E-state index is -0.861. The number of hydrogen-bond acceptors (Lipinski definition) is 5. The summed E-state index contributed by atoms with van der Waals surface area (Å²) in [6, 6.07) is 4.88. The van der Waals surface area contributed by atoms with Gasteiger partial charge in [-0.1, -0.05) is 0 Å². The predicted octanol–water partition coefficient (Wildman–Crippen LogP) is 1.47. The molecule has 1 N–H and O–H groups in total. The Morgan fingerprint density at radius 1 is 1.32 bits per heavy atom. The predicted molar refractivity (Wildman–Crippen MR) is 83.6 cm³/mol. The van der Waals surface area contributed by atoms with Gasteiger partial charge < -0.3 is 19.5 Å². The molecule has 22 heavy (non-hydrogen) atoms. The minimum Gasteiger partial charge on any atom is -0.497 e. The molecule has 0 aliphatic carbocycles. The lowest BCUT2D eigenvalue weighted by molar-refractivity contribution is -0.144. The standard InChI is InChI=1S/C16H24N2O4/c1-11-10-18(8-7-17(11)2)15(16(19)20)13-6-5-12(21-3)9-14(13)22-4/h5-6,9,11,15H,7-8,10H2,1-4H3,(H,19,20). The van der Waals surface area contributed by atoms with E-state index in [1.54, 1.807) is 32.4 Å². The van der Waals surface area contributed by atoms with Crippen LogP contribution in [0.1, 0.15) is 18.5 Å². The van der Waals surface area contributed by atoms with Gasteiger partial charge in [-0.15, -0.1) is 0 Å². The van der Waals surface area contributed by atoms with Crippen LogP contribution >= 0.6 is 0 Å². The molecule has 0 amide bonds. The van der Waals surface area contributed by atoms with Crippen molar-refractivity contribution in [2.45, 2.75) is 19.0 Å². The highest BCUT2D eigenvalue weighted by atomic mass is 16.5. The molecular weight excluding hydrogens is 284 g/mol. The number of hydrogen-bond donors (Lipinski definition) is 1. The summed E-state index contributed by atoms with van der Waals surface area (Å²) in [5.74, 6) is 0.329. The lowest BCUT2D eigenvalue weighted by atomic mass is 10.0. The monoisotopic (exact) mass is 308 g/mol. The van der Waals surface area contributed by atoms with Crippen molar-refractivity contribution in [2.24, 2.45) is 0 Å². The van der Waals surface area contributed by atoms with E-state index in [4.69, 9.17) is 9.47 Å². The molecule has 2 unspecified atom stereocenters. The Hall–Kier alpha value is -1.79. The number of carboxylic acids is 1. The summed E-state index contributed by atoms with van der Waals surface area (Å²) >= 11 is 0. The Morgan fingerprint density at radius 2 is 2.05 bits per heavy atom. The normalized spacial score (nSPS) is 21.4. The quantitative estimate of drug-likeness (QED) is 0.889. The number of carbonyl (C=O) groups is 1. The second-order valence-electron chi connectivity index (χ2n) is 5.67. The van der Waals surface area contributed by atoms with Crippen LogP contribution in [0.15, 0.2) is 18.2 Å². The fourth-order valence-corrected chi connectivity index (χ4v) is 2.84. The maximum atomic E-state index is 11.9. The van der Waals surface area contributed by atoms with Gasteiger partial charge in [-0.05, 0) is 26.1 Å². The van der Waals surface area contributed by atoms with Crippen molar-refractivity contribution in [3.05, 3.63) is 23.8 Å². The SMILES string of the molecule is COc1ccc(C(C(=O)O)N2CCN(C)C(C)C2)c(OC)c1. The molecule has 1 aliphatic rings. The van der Waals surface area contributed by atoms with Gasteiger partial charge >= 0.3 is 5.97 Å². The molecular formula is C16H24N2O4. The molecule has 1 aliphatic heterocycles. The lowest BCUT2D eigenvalue weighted by Crippen LogP contribution is -2.52. The molecule has 1 saturated heterocycles. The molecule has 6 heteroatoms. The van der Waals surface area contributed by atoms with Crippen molar-refractivity contribution in [1.29, 1.82) is 0 Å².